The molecule has 1 saturated heterocycles. The predicted molar refractivity (Wildman–Crippen MR) is 150 cm³/mol. The highest BCUT2D eigenvalue weighted by Crippen LogP contribution is 2.25. The van der Waals surface area contributed by atoms with Crippen molar-refractivity contribution in [2.24, 2.45) is 0 Å². The molecule has 0 amide bonds. The van der Waals surface area contributed by atoms with E-state index in [9.17, 15) is 14.7 Å². The molecule has 1 N–H and O–H groups in total. The van der Waals surface area contributed by atoms with Gasteiger partial charge in [-0.3, -0.25) is 18.8 Å². The molecule has 0 spiro atoms. The highest BCUT2D eigenvalue weighted by Gasteiger charge is 2.34. The lowest BCUT2D eigenvalue weighted by molar-refractivity contribution is -0.0449. The van der Waals surface area contributed by atoms with Crippen LogP contribution in [0.2, 0.25) is 0 Å². The molecule has 2 aromatic rings. The average molecular weight is 526 g/mol. The fourth-order valence-electron chi connectivity index (χ4n) is 4.99. The van der Waals surface area contributed by atoms with E-state index in [1.165, 1.54) is 4.57 Å². The minimum Gasteiger partial charge on any atom is -0.485 e. The van der Waals surface area contributed by atoms with Crippen molar-refractivity contribution in [3.05, 3.63) is 56.2 Å². The topological polar surface area (TPSA) is 104 Å². The molecule has 1 atom stereocenters. The molecule has 9 nitrogen and oxygen atoms in total. The number of hydrogen-bond acceptors (Lipinski definition) is 7. The molecule has 1 aromatic heterocycles. The zero-order valence-electron chi connectivity index (χ0n) is 23.9. The van der Waals surface area contributed by atoms with Gasteiger partial charge in [-0.25, -0.2) is 4.79 Å². The van der Waals surface area contributed by atoms with Crippen LogP contribution in [-0.4, -0.2) is 63.6 Å². The average Bonchev–Trinajstić information content (AvgIpc) is 2.86. The van der Waals surface area contributed by atoms with Crippen molar-refractivity contribution in [3.8, 4) is 11.8 Å². The Kier molecular flexibility index (Phi) is 9.45. The maximum Gasteiger partial charge on any atom is 0.333 e. The highest BCUT2D eigenvalue weighted by atomic mass is 16.5. The lowest BCUT2D eigenvalue weighted by atomic mass is 10.0. The van der Waals surface area contributed by atoms with E-state index in [2.05, 4.69) is 22.8 Å². The lowest BCUT2D eigenvalue weighted by Crippen LogP contribution is -2.55. The van der Waals surface area contributed by atoms with Crippen LogP contribution in [0.3, 0.4) is 0 Å². The Bertz CT molecular complexity index is 1250. The molecule has 3 rings (SSSR count). The Balaban J connectivity index is 1.77. The minimum atomic E-state index is -0.834. The summed E-state index contributed by atoms with van der Waals surface area (Å²) < 4.78 is 9.23. The molecule has 9 heteroatoms. The summed E-state index contributed by atoms with van der Waals surface area (Å²) in [5.74, 6) is 1.35. The van der Waals surface area contributed by atoms with Crippen molar-refractivity contribution >= 4 is 5.82 Å². The van der Waals surface area contributed by atoms with Crippen LogP contribution >= 0.6 is 0 Å². The van der Waals surface area contributed by atoms with Gasteiger partial charge in [-0.05, 0) is 72.2 Å². The second kappa shape index (κ2) is 12.2. The van der Waals surface area contributed by atoms with Crippen LogP contribution in [0.5, 0.6) is 5.75 Å². The highest BCUT2D eigenvalue weighted by molar-refractivity contribution is 5.48. The molecule has 0 bridgehead atoms. The van der Waals surface area contributed by atoms with Crippen molar-refractivity contribution in [2.45, 2.75) is 85.1 Å². The van der Waals surface area contributed by atoms with E-state index in [-0.39, 0.29) is 23.3 Å². The molecule has 208 valence electrons. The summed E-state index contributed by atoms with van der Waals surface area (Å²) in [7, 11) is 0. The summed E-state index contributed by atoms with van der Waals surface area (Å²) >= 11 is 0. The second-order valence-electron chi connectivity index (χ2n) is 11.2. The fraction of sp³-hybridized carbons (Fsp3) is 0.621. The molecule has 0 radical (unpaired) electrons. The Morgan fingerprint density at radius 2 is 1.58 bits per heavy atom. The third-order valence-electron chi connectivity index (χ3n) is 7.19. The van der Waals surface area contributed by atoms with Gasteiger partial charge in [0.25, 0.3) is 5.56 Å². The summed E-state index contributed by atoms with van der Waals surface area (Å²) in [6.45, 7) is 16.6. The largest absolute Gasteiger partial charge is 0.485 e. The zero-order valence-corrected chi connectivity index (χ0v) is 23.9. The van der Waals surface area contributed by atoms with Crippen molar-refractivity contribution < 1.29 is 9.84 Å². The molecule has 2 heterocycles. The number of β-amino-alcohol motifs (C(OH)–C–C–N with tert-alkyl or cyclic N) is 1. The van der Waals surface area contributed by atoms with Crippen molar-refractivity contribution in [2.75, 3.05) is 37.6 Å². The van der Waals surface area contributed by atoms with Gasteiger partial charge in [-0.2, -0.15) is 5.26 Å². The Hall–Kier alpha value is -3.09. The number of nitriles is 1. The normalized spacial score (nSPS) is 15.7. The number of ether oxygens (including phenoxy) is 1. The van der Waals surface area contributed by atoms with Gasteiger partial charge in [0, 0.05) is 44.8 Å². The molecule has 1 fully saturated rings. The van der Waals surface area contributed by atoms with E-state index >= 15 is 0 Å². The lowest BCUT2D eigenvalue weighted by Gasteiger charge is -2.41. The minimum absolute atomic E-state index is 0.0845. The smallest absolute Gasteiger partial charge is 0.333 e. The quantitative estimate of drug-likeness (QED) is 0.507. The summed E-state index contributed by atoms with van der Waals surface area (Å²) in [6, 6.07) is 8.66. The first-order valence-corrected chi connectivity index (χ1v) is 13.7. The third-order valence-corrected chi connectivity index (χ3v) is 7.19. The summed E-state index contributed by atoms with van der Waals surface area (Å²) in [5, 5.41) is 20.0. The van der Waals surface area contributed by atoms with Crippen molar-refractivity contribution in [1.29, 1.82) is 5.26 Å². The maximum absolute atomic E-state index is 13.4. The standard InChI is InChI=1S/C29H43N5O4/c1-8-9-24-26(33(20(2)3)28(37)34(21(4)5)27(24)36)32-16-14-31(15-17-32)19-25(35)29(6,7)38-23-12-10-22(18-30)11-13-23/h10-13,20-21,25,35H,8-9,14-17,19H2,1-7H3. The van der Waals surface area contributed by atoms with Gasteiger partial charge in [0.1, 0.15) is 23.3 Å². The molecule has 0 saturated carbocycles. The molecule has 1 aliphatic heterocycles. The number of hydrogen-bond donors (Lipinski definition) is 1. The summed E-state index contributed by atoms with van der Waals surface area (Å²) in [6.07, 6.45) is 0.689. The van der Waals surface area contributed by atoms with E-state index in [1.807, 2.05) is 41.5 Å². The van der Waals surface area contributed by atoms with Gasteiger partial charge < -0.3 is 14.7 Å². The molecule has 0 aliphatic carbocycles. The molecule has 1 aromatic carbocycles. The van der Waals surface area contributed by atoms with Gasteiger partial charge in [-0.15, -0.1) is 0 Å². The van der Waals surface area contributed by atoms with Gasteiger partial charge in [0.05, 0.1) is 17.2 Å². The number of anilines is 1. The van der Waals surface area contributed by atoms with Crippen LogP contribution in [0, 0.1) is 11.3 Å². The van der Waals surface area contributed by atoms with Crippen LogP contribution in [0.15, 0.2) is 33.9 Å². The summed E-state index contributed by atoms with van der Waals surface area (Å²) in [5.41, 5.74) is -0.00764. The fourth-order valence-corrected chi connectivity index (χ4v) is 4.99. The Morgan fingerprint density at radius 3 is 2.08 bits per heavy atom. The third kappa shape index (κ3) is 6.30. The second-order valence-corrected chi connectivity index (χ2v) is 11.2. The number of aliphatic hydroxyl groups is 1. The van der Waals surface area contributed by atoms with Crippen LogP contribution in [-0.2, 0) is 6.42 Å². The van der Waals surface area contributed by atoms with E-state index < -0.39 is 11.7 Å². The van der Waals surface area contributed by atoms with Crippen molar-refractivity contribution in [1.82, 2.24) is 14.0 Å². The predicted octanol–water partition coefficient (Wildman–Crippen LogP) is 3.34. The number of aliphatic hydroxyl groups excluding tert-OH is 1. The van der Waals surface area contributed by atoms with E-state index in [4.69, 9.17) is 10.00 Å². The molecule has 1 aliphatic rings. The SMILES string of the molecule is CCCc1c(N2CCN(CC(O)C(C)(C)Oc3ccc(C#N)cc3)CC2)n(C(C)C)c(=O)n(C(C)C)c1=O. The van der Waals surface area contributed by atoms with E-state index in [1.54, 1.807) is 28.8 Å². The number of aromatic nitrogens is 2. The summed E-state index contributed by atoms with van der Waals surface area (Å²) in [4.78, 5) is 31.2. The van der Waals surface area contributed by atoms with Gasteiger partial charge in [-0.1, -0.05) is 13.3 Å². The van der Waals surface area contributed by atoms with Gasteiger partial charge >= 0.3 is 5.69 Å². The molecular formula is C29H43N5O4. The van der Waals surface area contributed by atoms with E-state index in [0.717, 1.165) is 12.2 Å². The van der Waals surface area contributed by atoms with Crippen LogP contribution < -0.4 is 20.9 Å². The van der Waals surface area contributed by atoms with Crippen LogP contribution in [0.1, 0.15) is 78.1 Å². The van der Waals surface area contributed by atoms with Crippen LogP contribution in [0.4, 0.5) is 5.82 Å². The van der Waals surface area contributed by atoms with E-state index in [0.29, 0.717) is 56.0 Å². The maximum atomic E-state index is 13.4. The Labute approximate surface area is 225 Å². The molecular weight excluding hydrogens is 482 g/mol. The first-order valence-electron chi connectivity index (χ1n) is 13.7. The Morgan fingerprint density at radius 1 is 1.00 bits per heavy atom. The molecule has 1 unspecified atom stereocenters. The van der Waals surface area contributed by atoms with Gasteiger partial charge in [0.2, 0.25) is 0 Å². The first kappa shape index (κ1) is 29.5. The zero-order chi connectivity index (χ0) is 28.2. The van der Waals surface area contributed by atoms with Gasteiger partial charge in [0.15, 0.2) is 0 Å². The first-order chi connectivity index (χ1) is 17.9. The van der Waals surface area contributed by atoms with Crippen molar-refractivity contribution in [3.63, 3.8) is 0 Å². The van der Waals surface area contributed by atoms with Crippen LogP contribution in [0.25, 0.3) is 0 Å². The number of rotatable bonds is 10. The number of piperazine rings is 1. The monoisotopic (exact) mass is 525 g/mol. The number of benzene rings is 1. The number of nitrogens with zero attached hydrogens (tertiary/aromatic N) is 5. The molecule has 38 heavy (non-hydrogen) atoms.